The van der Waals surface area contributed by atoms with Crippen molar-refractivity contribution in [3.8, 4) is 5.75 Å². The summed E-state index contributed by atoms with van der Waals surface area (Å²) in [6, 6.07) is 9.29. The van der Waals surface area contributed by atoms with E-state index < -0.39 is 25.1 Å². The van der Waals surface area contributed by atoms with Crippen molar-refractivity contribution < 1.29 is 21.6 Å². The van der Waals surface area contributed by atoms with Gasteiger partial charge in [0.2, 0.25) is 10.0 Å². The van der Waals surface area contributed by atoms with Crippen LogP contribution >= 0.6 is 0 Å². The van der Waals surface area contributed by atoms with Gasteiger partial charge in [-0.3, -0.25) is 0 Å². The minimum Gasteiger partial charge on any atom is -0.496 e. The van der Waals surface area contributed by atoms with Gasteiger partial charge in [0.15, 0.2) is 9.84 Å². The number of nitrogens with zero attached hydrogens (tertiary/aromatic N) is 4. The fourth-order valence-electron chi connectivity index (χ4n) is 5.82. The fourth-order valence-corrected chi connectivity index (χ4v) is 9.62. The van der Waals surface area contributed by atoms with Crippen LogP contribution in [0.25, 0.3) is 11.0 Å². The van der Waals surface area contributed by atoms with Gasteiger partial charge in [0.05, 0.1) is 29.3 Å². The van der Waals surface area contributed by atoms with Gasteiger partial charge in [-0.25, -0.2) is 31.1 Å². The summed E-state index contributed by atoms with van der Waals surface area (Å²) in [5, 5.41) is 0.272. The number of sulfone groups is 1. The molecule has 12 heteroatoms. The molecule has 3 heterocycles. The lowest BCUT2D eigenvalue weighted by Gasteiger charge is -2.35. The number of hydrogen-bond acceptors (Lipinski definition) is 8. The smallest absolute Gasteiger partial charge is 0.214 e. The quantitative estimate of drug-likeness (QED) is 0.423. The van der Waals surface area contributed by atoms with Crippen molar-refractivity contribution in [3.05, 3.63) is 48.4 Å². The van der Waals surface area contributed by atoms with E-state index >= 15 is 0 Å². The lowest BCUT2D eigenvalue weighted by Crippen LogP contribution is -2.39. The van der Waals surface area contributed by atoms with E-state index in [4.69, 9.17) is 4.74 Å². The molecule has 3 aromatic rings. The number of para-hydroxylation sites is 1. The lowest BCUT2D eigenvalue weighted by molar-refractivity contribution is 0.336. The monoisotopic (exact) mass is 561 g/mol. The minimum atomic E-state index is -3.54. The number of aromatic nitrogens is 3. The first-order valence-electron chi connectivity index (χ1n) is 13.0. The van der Waals surface area contributed by atoms with Crippen molar-refractivity contribution >= 4 is 36.7 Å². The van der Waals surface area contributed by atoms with Gasteiger partial charge in [-0.15, -0.1) is 0 Å². The van der Waals surface area contributed by atoms with E-state index in [-0.39, 0.29) is 36.6 Å². The van der Waals surface area contributed by atoms with Crippen LogP contribution in [-0.2, 0) is 25.6 Å². The second kappa shape index (κ2) is 10.8. The Morgan fingerprint density at radius 2 is 1.82 bits per heavy atom. The van der Waals surface area contributed by atoms with Crippen molar-refractivity contribution in [1.82, 2.24) is 19.3 Å². The molecule has 2 aromatic heterocycles. The number of H-pyrrole nitrogens is 1. The predicted molar refractivity (Wildman–Crippen MR) is 147 cm³/mol. The molecule has 1 aromatic carbocycles. The van der Waals surface area contributed by atoms with E-state index in [2.05, 4.69) is 19.9 Å². The highest BCUT2D eigenvalue weighted by molar-refractivity contribution is 7.91. The summed E-state index contributed by atoms with van der Waals surface area (Å²) in [5.41, 5.74) is 1.40. The first kappa shape index (κ1) is 26.9. The molecule has 2 aliphatic rings. The van der Waals surface area contributed by atoms with Gasteiger partial charge in [0, 0.05) is 37.9 Å². The molecular weight excluding hydrogens is 526 g/mol. The number of methoxy groups -OCH3 is 1. The third-order valence-electron chi connectivity index (χ3n) is 8.04. The number of anilines is 1. The van der Waals surface area contributed by atoms with E-state index in [9.17, 15) is 16.8 Å². The lowest BCUT2D eigenvalue weighted by atomic mass is 9.86. The van der Waals surface area contributed by atoms with Gasteiger partial charge >= 0.3 is 0 Å². The Morgan fingerprint density at radius 3 is 2.58 bits per heavy atom. The molecule has 10 nitrogen and oxygen atoms in total. The van der Waals surface area contributed by atoms with Crippen molar-refractivity contribution in [2.24, 2.45) is 5.92 Å². The van der Waals surface area contributed by atoms with E-state index in [1.807, 2.05) is 19.3 Å². The first-order chi connectivity index (χ1) is 18.2. The van der Waals surface area contributed by atoms with Crippen molar-refractivity contribution in [3.63, 3.8) is 0 Å². The fraction of sp³-hybridized carbons (Fsp3) is 0.538. The van der Waals surface area contributed by atoms with E-state index in [1.165, 1.54) is 11.4 Å². The van der Waals surface area contributed by atoms with Crippen molar-refractivity contribution in [2.75, 3.05) is 37.9 Å². The number of benzene rings is 1. The molecule has 1 aliphatic heterocycles. The molecule has 1 N–H and O–H groups in total. The summed E-state index contributed by atoms with van der Waals surface area (Å²) >= 11 is 0. The Labute approximate surface area is 224 Å². The summed E-state index contributed by atoms with van der Waals surface area (Å²) in [7, 11) is -3.53. The molecule has 1 saturated carbocycles. The van der Waals surface area contributed by atoms with Crippen LogP contribution in [0.1, 0.15) is 37.7 Å². The third kappa shape index (κ3) is 5.52. The Kier molecular flexibility index (Phi) is 7.65. The summed E-state index contributed by atoms with van der Waals surface area (Å²) in [5.74, 6) is 1.38. The normalized spacial score (nSPS) is 23.1. The molecule has 2 fully saturated rings. The van der Waals surface area contributed by atoms with E-state index in [1.54, 1.807) is 30.6 Å². The van der Waals surface area contributed by atoms with Crippen LogP contribution < -0.4 is 9.64 Å². The zero-order valence-corrected chi connectivity index (χ0v) is 23.4. The Hall–Kier alpha value is -2.70. The number of sulfonamides is 1. The predicted octanol–water partition coefficient (Wildman–Crippen LogP) is 2.98. The third-order valence-corrected chi connectivity index (χ3v) is 12.2. The Balaban J connectivity index is 1.16. The van der Waals surface area contributed by atoms with Gasteiger partial charge in [0.25, 0.3) is 0 Å². The number of nitrogens with one attached hydrogen (secondary N) is 1. The second-order valence-electron chi connectivity index (χ2n) is 10.4. The first-order valence-corrected chi connectivity index (χ1v) is 16.3. The molecule has 1 atom stereocenters. The second-order valence-corrected chi connectivity index (χ2v) is 14.7. The number of ether oxygens (including phenoxy) is 1. The molecule has 0 bridgehead atoms. The standard InChI is InChI=1S/C26H35N5O5S2/c1-30(26-23-11-13-27-25(23)28-18-29-26)21-9-7-19(8-10-21)16-38(34,35)31-14-12-22(15-31)37(32,33)17-20-5-3-4-6-24(20)36-2/h3-6,11,13,18-19,21-22H,7-10,12,14-17H2,1-2H3,(H,27,28,29)/t19?,21?,22-/m0/s1. The molecule has 0 amide bonds. The Morgan fingerprint density at radius 1 is 1.05 bits per heavy atom. The largest absolute Gasteiger partial charge is 0.496 e. The van der Waals surface area contributed by atoms with Gasteiger partial charge in [0.1, 0.15) is 23.5 Å². The molecule has 0 radical (unpaired) electrons. The number of aromatic amines is 1. The van der Waals surface area contributed by atoms with E-state index in [0.717, 1.165) is 42.5 Å². The van der Waals surface area contributed by atoms with Crippen LogP contribution in [0, 0.1) is 5.92 Å². The highest BCUT2D eigenvalue weighted by Gasteiger charge is 2.39. The van der Waals surface area contributed by atoms with Crippen LogP contribution in [0.15, 0.2) is 42.9 Å². The topological polar surface area (TPSA) is 126 Å². The average molecular weight is 562 g/mol. The van der Waals surface area contributed by atoms with Gasteiger partial charge in [-0.05, 0) is 50.2 Å². The van der Waals surface area contributed by atoms with Gasteiger partial charge in [-0.2, -0.15) is 0 Å². The highest BCUT2D eigenvalue weighted by Crippen LogP contribution is 2.33. The zero-order chi connectivity index (χ0) is 26.9. The average Bonchev–Trinajstić information content (AvgIpc) is 3.60. The molecule has 38 heavy (non-hydrogen) atoms. The van der Waals surface area contributed by atoms with E-state index in [0.29, 0.717) is 17.7 Å². The zero-order valence-electron chi connectivity index (χ0n) is 21.8. The molecule has 0 unspecified atom stereocenters. The summed E-state index contributed by atoms with van der Waals surface area (Å²) in [6.45, 7) is 0.273. The SMILES string of the molecule is COc1ccccc1CS(=O)(=O)[C@H]1CCN(S(=O)(=O)CC2CCC(N(C)c3ncnc4[nH]ccc34)CC2)C1. The maximum absolute atomic E-state index is 13.3. The number of hydrogen-bond donors (Lipinski definition) is 1. The van der Waals surface area contributed by atoms with Crippen LogP contribution in [-0.4, -0.2) is 80.4 Å². The van der Waals surface area contributed by atoms with Crippen LogP contribution in [0.2, 0.25) is 0 Å². The highest BCUT2D eigenvalue weighted by atomic mass is 32.2. The molecule has 206 valence electrons. The molecule has 1 aliphatic carbocycles. The van der Waals surface area contributed by atoms with Crippen LogP contribution in [0.5, 0.6) is 5.75 Å². The number of rotatable bonds is 9. The van der Waals surface area contributed by atoms with Gasteiger partial charge in [-0.1, -0.05) is 18.2 Å². The molecule has 1 saturated heterocycles. The number of fused-ring (bicyclic) bond motifs is 1. The van der Waals surface area contributed by atoms with Crippen molar-refractivity contribution in [2.45, 2.75) is 49.1 Å². The Bertz CT molecular complexity index is 1480. The van der Waals surface area contributed by atoms with Crippen molar-refractivity contribution in [1.29, 1.82) is 0 Å². The summed E-state index contributed by atoms with van der Waals surface area (Å²) in [4.78, 5) is 14.0. The molecular formula is C26H35N5O5S2. The van der Waals surface area contributed by atoms with Crippen LogP contribution in [0.4, 0.5) is 5.82 Å². The van der Waals surface area contributed by atoms with Gasteiger partial charge < -0.3 is 14.6 Å². The summed E-state index contributed by atoms with van der Waals surface area (Å²) < 4.78 is 59.5. The molecule has 5 rings (SSSR count). The minimum absolute atomic E-state index is 0.0261. The van der Waals surface area contributed by atoms with Crippen LogP contribution in [0.3, 0.4) is 0 Å². The molecule has 0 spiro atoms. The summed E-state index contributed by atoms with van der Waals surface area (Å²) in [6.07, 6.45) is 7.09. The maximum atomic E-state index is 13.3. The maximum Gasteiger partial charge on any atom is 0.214 e.